The molecule has 0 spiro atoms. The van der Waals surface area contributed by atoms with Crippen LogP contribution in [0.4, 0.5) is 15.8 Å². The van der Waals surface area contributed by atoms with E-state index in [1.54, 1.807) is 0 Å². The summed E-state index contributed by atoms with van der Waals surface area (Å²) < 4.78 is 1.30. The van der Waals surface area contributed by atoms with Crippen LogP contribution in [0.2, 0.25) is 0 Å². The van der Waals surface area contributed by atoms with Gasteiger partial charge in [-0.25, -0.2) is 4.98 Å². The molecule has 4 heterocycles. The summed E-state index contributed by atoms with van der Waals surface area (Å²) in [7, 11) is 0. The highest BCUT2D eigenvalue weighted by molar-refractivity contribution is 7.18. The highest BCUT2D eigenvalue weighted by Gasteiger charge is 2.37. The van der Waals surface area contributed by atoms with Crippen LogP contribution < -0.4 is 5.32 Å². The van der Waals surface area contributed by atoms with E-state index in [1.165, 1.54) is 62.1 Å². The molecular formula is C19H26N7O2S+. The van der Waals surface area contributed by atoms with E-state index in [1.807, 2.05) is 24.3 Å². The molecule has 29 heavy (non-hydrogen) atoms. The lowest BCUT2D eigenvalue weighted by Gasteiger charge is -2.50. The van der Waals surface area contributed by atoms with Crippen molar-refractivity contribution in [2.24, 2.45) is 10.2 Å². The van der Waals surface area contributed by atoms with Gasteiger partial charge in [0.1, 0.15) is 6.20 Å². The van der Waals surface area contributed by atoms with Crippen molar-refractivity contribution in [3.05, 3.63) is 46.1 Å². The standard InChI is InChI=1S/C19H26N7O2S/c27-25(28)18-15-21-19(29-18)23-22-17-3-1-16(2-4-17)5-6-20-7-11-26-12-8-24(9-13-26)10-14-26/h1-4,15,20H,5-14H2/q+1. The molecule has 2 aromatic rings. The number of nitrogens with one attached hydrogen (secondary N) is 1. The van der Waals surface area contributed by atoms with Gasteiger partial charge in [0.05, 0.1) is 36.8 Å². The van der Waals surface area contributed by atoms with Gasteiger partial charge in [0.15, 0.2) is 0 Å². The van der Waals surface area contributed by atoms with E-state index in [0.717, 1.165) is 30.8 Å². The lowest BCUT2D eigenvalue weighted by Crippen LogP contribution is -2.68. The minimum absolute atomic E-state index is 0.0332. The molecule has 154 valence electrons. The van der Waals surface area contributed by atoms with Crippen LogP contribution in [-0.4, -0.2) is 78.2 Å². The number of aromatic nitrogens is 1. The summed E-state index contributed by atoms with van der Waals surface area (Å²) in [5.41, 5.74) is 1.96. The second-order valence-corrected chi connectivity index (χ2v) is 8.67. The molecule has 3 aliphatic heterocycles. The molecule has 10 heteroatoms. The zero-order valence-corrected chi connectivity index (χ0v) is 17.2. The lowest BCUT2D eigenvalue weighted by atomic mass is 10.1. The number of thiazole rings is 1. The summed E-state index contributed by atoms with van der Waals surface area (Å²) in [6.07, 6.45) is 2.18. The summed E-state index contributed by atoms with van der Waals surface area (Å²) in [6, 6.07) is 7.91. The van der Waals surface area contributed by atoms with Crippen molar-refractivity contribution in [3.63, 3.8) is 0 Å². The normalized spacial score (nSPS) is 23.7. The molecule has 3 saturated heterocycles. The Morgan fingerprint density at radius 2 is 1.86 bits per heavy atom. The average Bonchev–Trinajstić information content (AvgIpc) is 3.24. The highest BCUT2D eigenvalue weighted by Crippen LogP contribution is 2.28. The van der Waals surface area contributed by atoms with Crippen molar-refractivity contribution in [2.45, 2.75) is 6.42 Å². The quantitative estimate of drug-likeness (QED) is 0.223. The first-order valence-corrected chi connectivity index (χ1v) is 10.8. The maximum Gasteiger partial charge on any atom is 0.345 e. The first kappa shape index (κ1) is 20.0. The SMILES string of the molecule is O=[N+]([O-])c1cnc(N=Nc2ccc(CCNCC[N+]34CCN(CC3)CC4)cc2)s1. The average molecular weight is 417 g/mol. The first-order chi connectivity index (χ1) is 14.1. The second kappa shape index (κ2) is 9.04. The summed E-state index contributed by atoms with van der Waals surface area (Å²) in [5, 5.41) is 22.6. The molecule has 0 saturated carbocycles. The van der Waals surface area contributed by atoms with Crippen LogP contribution in [0.15, 0.2) is 40.7 Å². The van der Waals surface area contributed by atoms with Gasteiger partial charge in [-0.15, -0.1) is 10.2 Å². The number of hydrogen-bond donors (Lipinski definition) is 1. The van der Waals surface area contributed by atoms with E-state index in [9.17, 15) is 10.1 Å². The number of piperazine rings is 3. The number of benzene rings is 1. The Kier molecular flexibility index (Phi) is 6.24. The second-order valence-electron chi connectivity index (χ2n) is 7.68. The van der Waals surface area contributed by atoms with Gasteiger partial charge >= 0.3 is 5.00 Å². The Labute approximate surface area is 173 Å². The van der Waals surface area contributed by atoms with Gasteiger partial charge in [0.2, 0.25) is 5.13 Å². The number of azo groups is 1. The monoisotopic (exact) mass is 416 g/mol. The Morgan fingerprint density at radius 3 is 2.52 bits per heavy atom. The number of hydrogen-bond acceptors (Lipinski definition) is 8. The van der Waals surface area contributed by atoms with E-state index in [-0.39, 0.29) is 10.1 Å². The summed E-state index contributed by atoms with van der Waals surface area (Å²) >= 11 is 0.911. The van der Waals surface area contributed by atoms with Gasteiger partial charge in [-0.3, -0.25) is 15.0 Å². The maximum atomic E-state index is 10.7. The van der Waals surface area contributed by atoms with Crippen molar-refractivity contribution in [1.82, 2.24) is 15.2 Å². The largest absolute Gasteiger partial charge is 0.345 e. The molecule has 0 unspecified atom stereocenters. The third-order valence-corrected chi connectivity index (χ3v) is 6.71. The molecule has 9 nitrogen and oxygen atoms in total. The van der Waals surface area contributed by atoms with E-state index < -0.39 is 4.92 Å². The lowest BCUT2D eigenvalue weighted by molar-refractivity contribution is -0.939. The molecule has 0 atom stereocenters. The van der Waals surface area contributed by atoms with Gasteiger partial charge in [-0.1, -0.05) is 12.1 Å². The third-order valence-electron chi connectivity index (χ3n) is 5.87. The molecule has 1 N–H and O–H groups in total. The predicted octanol–water partition coefficient (Wildman–Crippen LogP) is 2.74. The van der Waals surface area contributed by atoms with E-state index >= 15 is 0 Å². The van der Waals surface area contributed by atoms with Crippen LogP contribution in [0, 0.1) is 10.1 Å². The molecule has 1 aromatic heterocycles. The third kappa shape index (κ3) is 5.21. The highest BCUT2D eigenvalue weighted by atomic mass is 32.1. The van der Waals surface area contributed by atoms with Crippen LogP contribution in [0.5, 0.6) is 0 Å². The van der Waals surface area contributed by atoms with E-state index in [2.05, 4.69) is 25.4 Å². The van der Waals surface area contributed by atoms with Gasteiger partial charge in [-0.05, 0) is 42.0 Å². The minimum atomic E-state index is -0.476. The summed E-state index contributed by atoms with van der Waals surface area (Å²) in [4.78, 5) is 16.6. The number of fused-ring (bicyclic) bond motifs is 3. The Bertz CT molecular complexity index is 846. The van der Waals surface area contributed by atoms with Crippen LogP contribution in [-0.2, 0) is 6.42 Å². The predicted molar refractivity (Wildman–Crippen MR) is 112 cm³/mol. The maximum absolute atomic E-state index is 10.7. The number of rotatable bonds is 9. The van der Waals surface area contributed by atoms with Crippen LogP contribution in [0.1, 0.15) is 5.56 Å². The van der Waals surface area contributed by atoms with Crippen molar-refractivity contribution in [3.8, 4) is 0 Å². The van der Waals surface area contributed by atoms with Crippen molar-refractivity contribution in [2.75, 3.05) is 58.9 Å². The van der Waals surface area contributed by atoms with Gasteiger partial charge in [-0.2, -0.15) is 0 Å². The van der Waals surface area contributed by atoms with Crippen LogP contribution >= 0.6 is 11.3 Å². The zero-order chi connectivity index (χ0) is 20.1. The van der Waals surface area contributed by atoms with E-state index in [4.69, 9.17) is 0 Å². The smallest absolute Gasteiger partial charge is 0.319 e. The van der Waals surface area contributed by atoms with Gasteiger partial charge in [0.25, 0.3) is 0 Å². The molecule has 0 amide bonds. The number of quaternary nitrogens is 1. The number of nitrogens with zero attached hydrogens (tertiary/aromatic N) is 6. The van der Waals surface area contributed by atoms with Crippen molar-refractivity contribution < 1.29 is 9.41 Å². The number of nitro groups is 1. The summed E-state index contributed by atoms with van der Waals surface area (Å²) in [6.45, 7) is 11.0. The molecule has 0 radical (unpaired) electrons. The van der Waals surface area contributed by atoms with Crippen molar-refractivity contribution >= 4 is 27.2 Å². The molecular weight excluding hydrogens is 390 g/mol. The van der Waals surface area contributed by atoms with E-state index in [0.29, 0.717) is 5.69 Å². The van der Waals surface area contributed by atoms with Crippen molar-refractivity contribution in [1.29, 1.82) is 0 Å². The van der Waals surface area contributed by atoms with Gasteiger partial charge in [0, 0.05) is 26.2 Å². The van der Waals surface area contributed by atoms with Crippen LogP contribution in [0.3, 0.4) is 0 Å². The van der Waals surface area contributed by atoms with Gasteiger partial charge < -0.3 is 9.80 Å². The fourth-order valence-corrected chi connectivity index (χ4v) is 4.51. The minimum Gasteiger partial charge on any atom is -0.319 e. The Hall–Kier alpha value is -2.27. The summed E-state index contributed by atoms with van der Waals surface area (Å²) in [5.74, 6) is 0. The first-order valence-electron chi connectivity index (χ1n) is 10.0. The molecule has 3 aliphatic rings. The Morgan fingerprint density at radius 1 is 1.14 bits per heavy atom. The molecule has 0 aliphatic carbocycles. The van der Waals surface area contributed by atoms with Crippen LogP contribution in [0.25, 0.3) is 0 Å². The fraction of sp³-hybridized carbons (Fsp3) is 0.526. The Balaban J connectivity index is 1.18. The molecule has 5 rings (SSSR count). The zero-order valence-electron chi connectivity index (χ0n) is 16.4. The topological polar surface area (TPSA) is 96.0 Å². The molecule has 1 aromatic carbocycles. The fourth-order valence-electron chi connectivity index (χ4n) is 3.96. The molecule has 2 bridgehead atoms. The molecule has 3 fully saturated rings.